The topological polar surface area (TPSA) is 66.5 Å². The van der Waals surface area contributed by atoms with Gasteiger partial charge < -0.3 is 23.7 Å². The maximum absolute atomic E-state index is 14.3. The first-order valence-electron chi connectivity index (χ1n) is 21.8. The van der Waals surface area contributed by atoms with Gasteiger partial charge in [-0.25, -0.2) is 4.79 Å². The van der Waals surface area contributed by atoms with Crippen LogP contribution in [0.15, 0.2) is 133 Å². The molecule has 0 radical (unpaired) electrons. The summed E-state index contributed by atoms with van der Waals surface area (Å²) >= 11 is 0. The van der Waals surface area contributed by atoms with Crippen molar-refractivity contribution >= 4 is 6.09 Å². The van der Waals surface area contributed by atoms with Gasteiger partial charge >= 0.3 is 6.09 Å². The number of allylic oxidation sites excluding steroid dienone is 1. The van der Waals surface area contributed by atoms with Crippen LogP contribution in [0, 0.1) is 23.2 Å². The lowest BCUT2D eigenvalue weighted by molar-refractivity contribution is -0.197. The van der Waals surface area contributed by atoms with E-state index in [2.05, 4.69) is 48.6 Å². The molecule has 0 spiro atoms. The number of benzene rings is 4. The van der Waals surface area contributed by atoms with Crippen molar-refractivity contribution in [2.75, 3.05) is 19.8 Å². The number of ether oxygens (including phenoxy) is 5. The molecular formula is C51H61NO6. The Morgan fingerprint density at radius 2 is 1.09 bits per heavy atom. The van der Waals surface area contributed by atoms with Crippen LogP contribution in [0.5, 0.6) is 0 Å². The van der Waals surface area contributed by atoms with E-state index >= 15 is 0 Å². The first kappa shape index (κ1) is 40.5. The molecule has 7 nitrogen and oxygen atoms in total. The van der Waals surface area contributed by atoms with Crippen LogP contribution in [0.25, 0.3) is 0 Å². The number of unbranched alkanes of at least 4 members (excludes halogenated alkanes) is 1. The van der Waals surface area contributed by atoms with Gasteiger partial charge in [-0.3, -0.25) is 4.90 Å². The molecule has 58 heavy (non-hydrogen) atoms. The molecule has 4 aromatic rings. The van der Waals surface area contributed by atoms with Crippen LogP contribution in [0.1, 0.15) is 80.0 Å². The maximum Gasteiger partial charge on any atom is 0.410 e. The number of hydrogen-bond acceptors (Lipinski definition) is 6. The van der Waals surface area contributed by atoms with Gasteiger partial charge in [-0.2, -0.15) is 0 Å². The molecular weight excluding hydrogens is 723 g/mol. The molecule has 5 fully saturated rings. The molecule has 4 atom stereocenters. The zero-order chi connectivity index (χ0) is 39.4. The number of likely N-dealkylation sites (tertiary alicyclic amines) is 1. The lowest BCUT2D eigenvalue weighted by atomic mass is 9.50. The van der Waals surface area contributed by atoms with Gasteiger partial charge in [0.15, 0.2) is 0 Å². The second kappa shape index (κ2) is 20.1. The van der Waals surface area contributed by atoms with E-state index in [9.17, 15) is 4.79 Å². The molecule has 5 aliphatic rings. The molecule has 4 aliphatic carbocycles. The van der Waals surface area contributed by atoms with Gasteiger partial charge in [0.05, 0.1) is 39.0 Å². The summed E-state index contributed by atoms with van der Waals surface area (Å²) in [6, 6.07) is 40.0. The Morgan fingerprint density at radius 3 is 1.62 bits per heavy atom. The Labute approximate surface area is 345 Å². The highest BCUT2D eigenvalue weighted by molar-refractivity contribution is 5.68. The summed E-state index contributed by atoms with van der Waals surface area (Å²) in [7, 11) is 0. The monoisotopic (exact) mass is 783 g/mol. The molecule has 9 rings (SSSR count). The smallest absolute Gasteiger partial charge is 0.410 e. The lowest BCUT2D eigenvalue weighted by Gasteiger charge is -2.56. The minimum absolute atomic E-state index is 0.182. The molecule has 0 N–H and O–H groups in total. The van der Waals surface area contributed by atoms with E-state index in [-0.39, 0.29) is 18.7 Å². The standard InChI is InChI=1S/C51H61NO6/c53-50(58-37-42-23-13-6-14-24-42)52-33-47(55-34-39-17-7-3-8-18-39)49(57-36-41-21-11-5-12-22-41)48(56-35-40-19-9-4-10-20-40)46(52)25-15-1-2-16-26-54-38-51-30-43-27-44(31-51)29-45(28-43)32-51/h1,3-15,17-24,43-49H,2,16,25-38H2/b15-1+/t43?,44?,45?,46-,47-,48+,49+,51?/m1/s1. The molecule has 7 heteroatoms. The molecule has 4 bridgehead atoms. The normalized spacial score (nSPS) is 27.6. The number of piperidine rings is 1. The van der Waals surface area contributed by atoms with Crippen LogP contribution >= 0.6 is 0 Å². The second-order valence-corrected chi connectivity index (χ2v) is 17.4. The van der Waals surface area contributed by atoms with Gasteiger partial charge in [-0.1, -0.05) is 133 Å². The van der Waals surface area contributed by atoms with Gasteiger partial charge in [0.25, 0.3) is 0 Å². The Balaban J connectivity index is 0.987. The Morgan fingerprint density at radius 1 is 0.603 bits per heavy atom. The van der Waals surface area contributed by atoms with Crippen LogP contribution in [0.3, 0.4) is 0 Å². The van der Waals surface area contributed by atoms with E-state index < -0.39 is 18.3 Å². The Bertz CT molecular complexity index is 1820. The molecule has 1 aliphatic heterocycles. The number of nitrogens with zero attached hydrogens (tertiary/aromatic N) is 1. The average Bonchev–Trinajstić information content (AvgIpc) is 3.25. The highest BCUT2D eigenvalue weighted by Gasteiger charge is 2.51. The average molecular weight is 784 g/mol. The Hall–Kier alpha value is -4.27. The fraction of sp³-hybridized carbons (Fsp3) is 0.471. The van der Waals surface area contributed by atoms with Crippen molar-refractivity contribution in [3.63, 3.8) is 0 Å². The fourth-order valence-electron chi connectivity index (χ4n) is 10.6. The number of rotatable bonds is 19. The van der Waals surface area contributed by atoms with Gasteiger partial charge in [-0.05, 0) is 103 Å². The van der Waals surface area contributed by atoms with E-state index in [0.29, 0.717) is 38.2 Å². The van der Waals surface area contributed by atoms with E-state index in [1.54, 1.807) is 0 Å². The number of carbonyl (C=O) groups is 1. The highest BCUT2D eigenvalue weighted by atomic mass is 16.6. The SMILES string of the molecule is O=C(OCc1ccccc1)N1C[C@@H](OCc2ccccc2)[C@H](OCc2ccccc2)[C@@H](OCc2ccccc2)[C@H]1C/C=C/CCCOCC12CC3CC(CC(C3)C1)C2. The molecule has 4 saturated carbocycles. The molecule has 0 aromatic heterocycles. The summed E-state index contributed by atoms with van der Waals surface area (Å²) < 4.78 is 32.9. The lowest BCUT2D eigenvalue weighted by Crippen LogP contribution is -2.64. The second-order valence-electron chi connectivity index (χ2n) is 17.4. The predicted octanol–water partition coefficient (Wildman–Crippen LogP) is 10.7. The predicted molar refractivity (Wildman–Crippen MR) is 227 cm³/mol. The van der Waals surface area contributed by atoms with Crippen LogP contribution in [-0.2, 0) is 50.1 Å². The van der Waals surface area contributed by atoms with Crippen molar-refractivity contribution in [2.24, 2.45) is 23.2 Å². The summed E-state index contributed by atoms with van der Waals surface area (Å²) in [4.78, 5) is 16.1. The van der Waals surface area contributed by atoms with E-state index in [4.69, 9.17) is 23.7 Å². The molecule has 4 aromatic carbocycles. The van der Waals surface area contributed by atoms with E-state index in [0.717, 1.165) is 66.1 Å². The molecule has 1 heterocycles. The number of amides is 1. The number of carbonyl (C=O) groups excluding carboxylic acids is 1. The van der Waals surface area contributed by atoms with E-state index in [1.165, 1.54) is 38.5 Å². The summed E-state index contributed by atoms with van der Waals surface area (Å²) in [5.41, 5.74) is 4.56. The molecule has 1 amide bonds. The van der Waals surface area contributed by atoms with Gasteiger partial charge in [0.2, 0.25) is 0 Å². The van der Waals surface area contributed by atoms with Crippen LogP contribution in [0.4, 0.5) is 4.79 Å². The van der Waals surface area contributed by atoms with Crippen molar-refractivity contribution in [1.29, 1.82) is 0 Å². The van der Waals surface area contributed by atoms with Crippen molar-refractivity contribution in [2.45, 2.75) is 109 Å². The van der Waals surface area contributed by atoms with Crippen molar-refractivity contribution < 1.29 is 28.5 Å². The zero-order valence-electron chi connectivity index (χ0n) is 34.0. The van der Waals surface area contributed by atoms with E-state index in [1.807, 2.05) is 89.8 Å². The first-order valence-corrected chi connectivity index (χ1v) is 21.8. The molecule has 1 saturated heterocycles. The quantitative estimate of drug-likeness (QED) is 0.0697. The van der Waals surface area contributed by atoms with Crippen molar-refractivity contribution in [1.82, 2.24) is 4.90 Å². The first-order chi connectivity index (χ1) is 28.6. The number of hydrogen-bond donors (Lipinski definition) is 0. The molecule has 306 valence electrons. The van der Waals surface area contributed by atoms with Gasteiger partial charge in [0, 0.05) is 6.61 Å². The Kier molecular flexibility index (Phi) is 14.1. The van der Waals surface area contributed by atoms with Crippen molar-refractivity contribution in [3.8, 4) is 0 Å². The largest absolute Gasteiger partial charge is 0.445 e. The highest BCUT2D eigenvalue weighted by Crippen LogP contribution is 2.60. The summed E-state index contributed by atoms with van der Waals surface area (Å²) in [5, 5.41) is 0. The third kappa shape index (κ3) is 10.9. The maximum atomic E-state index is 14.3. The van der Waals surface area contributed by atoms with Crippen LogP contribution < -0.4 is 0 Å². The van der Waals surface area contributed by atoms with Crippen molar-refractivity contribution in [3.05, 3.63) is 156 Å². The summed E-state index contributed by atoms with van der Waals surface area (Å²) in [5.74, 6) is 2.84. The minimum Gasteiger partial charge on any atom is -0.445 e. The third-order valence-corrected chi connectivity index (χ3v) is 12.9. The fourth-order valence-corrected chi connectivity index (χ4v) is 10.6. The third-order valence-electron chi connectivity index (χ3n) is 12.9. The minimum atomic E-state index is -0.504. The van der Waals surface area contributed by atoms with Gasteiger partial charge in [-0.15, -0.1) is 0 Å². The molecule has 0 unspecified atom stereocenters. The summed E-state index contributed by atoms with van der Waals surface area (Å²) in [6.07, 6.45) is 13.7. The van der Waals surface area contributed by atoms with Gasteiger partial charge in [0.1, 0.15) is 24.9 Å². The van der Waals surface area contributed by atoms with Crippen LogP contribution in [-0.4, -0.2) is 55.1 Å². The zero-order valence-corrected chi connectivity index (χ0v) is 34.0. The van der Waals surface area contributed by atoms with Crippen LogP contribution in [0.2, 0.25) is 0 Å². The summed E-state index contributed by atoms with van der Waals surface area (Å²) in [6.45, 7) is 3.35.